The molecule has 1 saturated carbocycles. The van der Waals surface area contributed by atoms with Gasteiger partial charge in [0.1, 0.15) is 0 Å². The number of carboxylic acids is 1. The maximum atomic E-state index is 10.4. The smallest absolute Gasteiger partial charge is 0.303 e. The Hall–Kier alpha value is -0.790. The zero-order valence-corrected chi connectivity index (χ0v) is 18.1. The number of unbranched alkanes of at least 4 members (excludes halogenated alkanes) is 12. The Bertz CT molecular complexity index is 375. The summed E-state index contributed by atoms with van der Waals surface area (Å²) in [5, 5.41) is 8.56. The van der Waals surface area contributed by atoms with Gasteiger partial charge in [-0.05, 0) is 43.9 Å². The lowest BCUT2D eigenvalue weighted by molar-refractivity contribution is -0.137. The number of carbonyl (C=O) groups is 1. The van der Waals surface area contributed by atoms with Crippen LogP contribution in [-0.4, -0.2) is 11.1 Å². The maximum Gasteiger partial charge on any atom is 0.303 e. The molecule has 158 valence electrons. The Labute approximate surface area is 169 Å². The molecule has 1 aliphatic carbocycles. The van der Waals surface area contributed by atoms with E-state index in [1.807, 2.05) is 0 Å². The monoisotopic (exact) mass is 378 g/mol. The number of allylic oxidation sites excluding steroid dienone is 2. The van der Waals surface area contributed by atoms with E-state index in [0.29, 0.717) is 6.42 Å². The first-order valence-electron chi connectivity index (χ1n) is 12.1. The Kier molecular flexibility index (Phi) is 15.6. The highest BCUT2D eigenvalue weighted by atomic mass is 16.4. The van der Waals surface area contributed by atoms with Crippen molar-refractivity contribution >= 4 is 5.97 Å². The fourth-order valence-electron chi connectivity index (χ4n) is 4.19. The van der Waals surface area contributed by atoms with Gasteiger partial charge in [-0.1, -0.05) is 103 Å². The normalized spacial score (nSPS) is 19.0. The molecule has 0 amide bonds. The third-order valence-electron chi connectivity index (χ3n) is 6.12. The lowest BCUT2D eigenvalue weighted by atomic mass is 10.0. The van der Waals surface area contributed by atoms with Gasteiger partial charge in [0.2, 0.25) is 0 Å². The number of hydrogen-bond donors (Lipinski definition) is 1. The zero-order valence-electron chi connectivity index (χ0n) is 18.1. The van der Waals surface area contributed by atoms with Crippen molar-refractivity contribution in [2.75, 3.05) is 0 Å². The van der Waals surface area contributed by atoms with Crippen molar-refractivity contribution in [1.29, 1.82) is 0 Å². The first-order chi connectivity index (χ1) is 13.2. The summed E-state index contributed by atoms with van der Waals surface area (Å²) in [7, 11) is 0. The van der Waals surface area contributed by atoms with E-state index in [1.165, 1.54) is 89.9 Å². The molecule has 1 N–H and O–H groups in total. The topological polar surface area (TPSA) is 37.3 Å². The molecule has 1 aliphatic rings. The SMILES string of the molecule is CCCCCC1CC1CCCCCCCCCCC/C=C\CCCC(=O)O. The van der Waals surface area contributed by atoms with Crippen molar-refractivity contribution < 1.29 is 9.90 Å². The fraction of sp³-hybridized carbons (Fsp3) is 0.880. The van der Waals surface area contributed by atoms with Crippen molar-refractivity contribution in [1.82, 2.24) is 0 Å². The van der Waals surface area contributed by atoms with E-state index in [-0.39, 0.29) is 0 Å². The van der Waals surface area contributed by atoms with E-state index in [4.69, 9.17) is 5.11 Å². The van der Waals surface area contributed by atoms with Crippen LogP contribution in [0.15, 0.2) is 12.2 Å². The van der Waals surface area contributed by atoms with Gasteiger partial charge >= 0.3 is 5.97 Å². The predicted octanol–water partition coefficient (Wildman–Crippen LogP) is 8.31. The molecule has 0 spiro atoms. The van der Waals surface area contributed by atoms with Crippen LogP contribution < -0.4 is 0 Å². The van der Waals surface area contributed by atoms with Crippen LogP contribution in [0.3, 0.4) is 0 Å². The van der Waals surface area contributed by atoms with Crippen molar-refractivity contribution in [3.05, 3.63) is 12.2 Å². The molecule has 27 heavy (non-hydrogen) atoms. The third kappa shape index (κ3) is 15.9. The molecule has 0 heterocycles. The summed E-state index contributed by atoms with van der Waals surface area (Å²) in [4.78, 5) is 10.4. The van der Waals surface area contributed by atoms with Gasteiger partial charge in [0.15, 0.2) is 0 Å². The highest BCUT2D eigenvalue weighted by molar-refractivity contribution is 5.66. The van der Waals surface area contributed by atoms with Crippen LogP contribution in [-0.2, 0) is 4.79 Å². The van der Waals surface area contributed by atoms with Crippen LogP contribution in [0.4, 0.5) is 0 Å². The number of rotatable bonds is 20. The van der Waals surface area contributed by atoms with Gasteiger partial charge in [-0.25, -0.2) is 0 Å². The van der Waals surface area contributed by atoms with Gasteiger partial charge in [0, 0.05) is 6.42 Å². The van der Waals surface area contributed by atoms with E-state index in [1.54, 1.807) is 6.42 Å². The van der Waals surface area contributed by atoms with Gasteiger partial charge in [0.25, 0.3) is 0 Å². The average molecular weight is 379 g/mol. The Morgan fingerprint density at radius 2 is 1.22 bits per heavy atom. The minimum Gasteiger partial charge on any atom is -0.481 e. The number of aliphatic carboxylic acids is 1. The van der Waals surface area contributed by atoms with Crippen LogP contribution in [0.1, 0.15) is 129 Å². The van der Waals surface area contributed by atoms with Crippen molar-refractivity contribution in [3.63, 3.8) is 0 Å². The second kappa shape index (κ2) is 17.3. The van der Waals surface area contributed by atoms with Gasteiger partial charge < -0.3 is 5.11 Å². The molecule has 0 aromatic carbocycles. The second-order valence-electron chi connectivity index (χ2n) is 8.77. The van der Waals surface area contributed by atoms with Crippen molar-refractivity contribution in [2.24, 2.45) is 11.8 Å². The molecule has 0 saturated heterocycles. The molecule has 2 nitrogen and oxygen atoms in total. The first kappa shape index (κ1) is 24.2. The minimum atomic E-state index is -0.683. The van der Waals surface area contributed by atoms with Crippen LogP contribution in [0.5, 0.6) is 0 Å². The van der Waals surface area contributed by atoms with Crippen LogP contribution in [0.2, 0.25) is 0 Å². The Balaban J connectivity index is 1.70. The van der Waals surface area contributed by atoms with Crippen LogP contribution >= 0.6 is 0 Å². The van der Waals surface area contributed by atoms with Crippen LogP contribution in [0.25, 0.3) is 0 Å². The summed E-state index contributed by atoms with van der Waals surface area (Å²) in [6.45, 7) is 2.30. The molecular formula is C25H46O2. The van der Waals surface area contributed by atoms with E-state index in [2.05, 4.69) is 19.1 Å². The lowest BCUT2D eigenvalue weighted by Crippen LogP contribution is -1.92. The highest BCUT2D eigenvalue weighted by Gasteiger charge is 2.34. The molecule has 1 rings (SSSR count). The second-order valence-corrected chi connectivity index (χ2v) is 8.77. The summed E-state index contributed by atoms with van der Waals surface area (Å²) < 4.78 is 0. The predicted molar refractivity (Wildman–Crippen MR) is 117 cm³/mol. The molecule has 0 aromatic heterocycles. The van der Waals surface area contributed by atoms with Gasteiger partial charge in [-0.2, -0.15) is 0 Å². The van der Waals surface area contributed by atoms with Crippen molar-refractivity contribution in [3.8, 4) is 0 Å². The van der Waals surface area contributed by atoms with Gasteiger partial charge in [0.05, 0.1) is 0 Å². The van der Waals surface area contributed by atoms with E-state index < -0.39 is 5.97 Å². The summed E-state index contributed by atoms with van der Waals surface area (Å²) in [5.74, 6) is 1.53. The Morgan fingerprint density at radius 1 is 0.741 bits per heavy atom. The zero-order chi connectivity index (χ0) is 19.6. The molecule has 2 atom stereocenters. The standard InChI is InChI=1S/C25H46O2/c1-2-3-16-19-23-22-24(23)20-17-14-12-10-8-6-4-5-7-9-11-13-15-18-21-25(26)27/h11,13,23-24H,2-10,12,14-22H2,1H3,(H,26,27)/b13-11-. The summed E-state index contributed by atoms with van der Waals surface area (Å²) in [6.07, 6.45) is 29.0. The van der Waals surface area contributed by atoms with Gasteiger partial charge in [-0.15, -0.1) is 0 Å². The summed E-state index contributed by atoms with van der Waals surface area (Å²) in [5.41, 5.74) is 0. The van der Waals surface area contributed by atoms with Crippen molar-refractivity contribution in [2.45, 2.75) is 129 Å². The molecule has 0 aromatic rings. The third-order valence-corrected chi connectivity index (χ3v) is 6.12. The van der Waals surface area contributed by atoms with E-state index in [0.717, 1.165) is 31.1 Å². The summed E-state index contributed by atoms with van der Waals surface area (Å²) in [6, 6.07) is 0. The molecule has 0 bridgehead atoms. The maximum absolute atomic E-state index is 10.4. The molecule has 0 aliphatic heterocycles. The molecule has 2 unspecified atom stereocenters. The number of carboxylic acid groups (broad SMARTS) is 1. The highest BCUT2D eigenvalue weighted by Crippen LogP contribution is 2.45. The molecule has 2 heteroatoms. The largest absolute Gasteiger partial charge is 0.481 e. The average Bonchev–Trinajstić information content (AvgIpc) is 3.39. The van der Waals surface area contributed by atoms with E-state index in [9.17, 15) is 4.79 Å². The first-order valence-corrected chi connectivity index (χ1v) is 12.1. The summed E-state index contributed by atoms with van der Waals surface area (Å²) >= 11 is 0. The van der Waals surface area contributed by atoms with Gasteiger partial charge in [-0.3, -0.25) is 4.79 Å². The lowest BCUT2D eigenvalue weighted by Gasteiger charge is -2.03. The fourth-order valence-corrected chi connectivity index (χ4v) is 4.19. The molecule has 1 fully saturated rings. The minimum absolute atomic E-state index is 0.296. The molecular weight excluding hydrogens is 332 g/mol. The number of hydrogen-bond acceptors (Lipinski definition) is 1. The van der Waals surface area contributed by atoms with E-state index >= 15 is 0 Å². The van der Waals surface area contributed by atoms with Crippen LogP contribution in [0, 0.1) is 11.8 Å². The quantitative estimate of drug-likeness (QED) is 0.171. The Morgan fingerprint density at radius 3 is 1.78 bits per heavy atom. The molecule has 0 radical (unpaired) electrons.